The standard InChI is InChI=1S/C7H8O3S/c1-4-3-5(6(8)9)11-7(4)10-2/h3H,1-2H3,(H,8,9). The molecular weight excluding hydrogens is 164 g/mol. The number of rotatable bonds is 2. The van der Waals surface area contributed by atoms with E-state index in [4.69, 9.17) is 9.84 Å². The van der Waals surface area contributed by atoms with Gasteiger partial charge in [-0.15, -0.1) is 0 Å². The normalized spacial score (nSPS) is 9.64. The Kier molecular flexibility index (Phi) is 2.14. The molecule has 0 amide bonds. The van der Waals surface area contributed by atoms with Gasteiger partial charge in [0.15, 0.2) is 5.06 Å². The van der Waals surface area contributed by atoms with Gasteiger partial charge in [0.1, 0.15) is 4.88 Å². The van der Waals surface area contributed by atoms with Crippen molar-refractivity contribution in [1.82, 2.24) is 0 Å². The molecule has 0 spiro atoms. The van der Waals surface area contributed by atoms with E-state index >= 15 is 0 Å². The van der Waals surface area contributed by atoms with Gasteiger partial charge in [-0.05, 0) is 13.0 Å². The van der Waals surface area contributed by atoms with Crippen LogP contribution >= 0.6 is 11.3 Å². The lowest BCUT2D eigenvalue weighted by atomic mass is 10.3. The molecule has 0 saturated carbocycles. The maximum absolute atomic E-state index is 10.4. The summed E-state index contributed by atoms with van der Waals surface area (Å²) < 4.78 is 4.93. The van der Waals surface area contributed by atoms with Gasteiger partial charge in [0.25, 0.3) is 0 Å². The van der Waals surface area contributed by atoms with E-state index in [0.29, 0.717) is 9.94 Å². The van der Waals surface area contributed by atoms with E-state index in [2.05, 4.69) is 0 Å². The number of hydrogen-bond donors (Lipinski definition) is 1. The van der Waals surface area contributed by atoms with Crippen LogP contribution in [0, 0.1) is 6.92 Å². The average Bonchev–Trinajstić information content (AvgIpc) is 2.31. The zero-order chi connectivity index (χ0) is 8.43. The van der Waals surface area contributed by atoms with Crippen molar-refractivity contribution >= 4 is 17.3 Å². The molecule has 0 radical (unpaired) electrons. The number of carboxylic acids is 1. The molecule has 3 nitrogen and oxygen atoms in total. The molecule has 0 aromatic carbocycles. The van der Waals surface area contributed by atoms with Crippen molar-refractivity contribution in [3.63, 3.8) is 0 Å². The summed E-state index contributed by atoms with van der Waals surface area (Å²) in [5.74, 6) is -0.901. The summed E-state index contributed by atoms with van der Waals surface area (Å²) in [6, 6.07) is 1.60. The van der Waals surface area contributed by atoms with E-state index in [0.717, 1.165) is 16.9 Å². The minimum absolute atomic E-state index is 0.319. The first-order chi connectivity index (χ1) is 5.15. The van der Waals surface area contributed by atoms with Gasteiger partial charge in [0, 0.05) is 5.56 Å². The molecule has 1 rings (SSSR count). The van der Waals surface area contributed by atoms with Gasteiger partial charge in [-0.3, -0.25) is 0 Å². The van der Waals surface area contributed by atoms with E-state index in [-0.39, 0.29) is 0 Å². The van der Waals surface area contributed by atoms with Crippen molar-refractivity contribution in [3.05, 3.63) is 16.5 Å². The van der Waals surface area contributed by atoms with Gasteiger partial charge in [0.05, 0.1) is 7.11 Å². The minimum atomic E-state index is -0.901. The predicted molar refractivity (Wildman–Crippen MR) is 42.6 cm³/mol. The maximum atomic E-state index is 10.4. The van der Waals surface area contributed by atoms with Crippen molar-refractivity contribution in [2.75, 3.05) is 7.11 Å². The van der Waals surface area contributed by atoms with Crippen LogP contribution < -0.4 is 4.74 Å². The van der Waals surface area contributed by atoms with Crippen LogP contribution in [-0.2, 0) is 0 Å². The zero-order valence-electron chi connectivity index (χ0n) is 6.25. The highest BCUT2D eigenvalue weighted by atomic mass is 32.1. The number of carboxylic acid groups (broad SMARTS) is 1. The lowest BCUT2D eigenvalue weighted by molar-refractivity contribution is 0.0702. The van der Waals surface area contributed by atoms with Crippen molar-refractivity contribution in [3.8, 4) is 5.06 Å². The predicted octanol–water partition coefficient (Wildman–Crippen LogP) is 1.76. The Morgan fingerprint density at radius 3 is 2.64 bits per heavy atom. The van der Waals surface area contributed by atoms with Gasteiger partial charge in [-0.25, -0.2) is 4.79 Å². The average molecular weight is 172 g/mol. The van der Waals surface area contributed by atoms with Crippen molar-refractivity contribution in [1.29, 1.82) is 0 Å². The van der Waals surface area contributed by atoms with E-state index in [1.165, 1.54) is 7.11 Å². The summed E-state index contributed by atoms with van der Waals surface area (Å²) in [6.45, 7) is 1.82. The van der Waals surface area contributed by atoms with Crippen LogP contribution in [0.3, 0.4) is 0 Å². The van der Waals surface area contributed by atoms with Crippen molar-refractivity contribution in [2.24, 2.45) is 0 Å². The molecule has 1 heterocycles. The topological polar surface area (TPSA) is 46.5 Å². The molecule has 0 saturated heterocycles. The molecular formula is C7H8O3S. The smallest absolute Gasteiger partial charge is 0.346 e. The first-order valence-electron chi connectivity index (χ1n) is 3.03. The molecule has 0 bridgehead atoms. The van der Waals surface area contributed by atoms with Gasteiger partial charge < -0.3 is 9.84 Å². The van der Waals surface area contributed by atoms with Crippen LogP contribution in [0.25, 0.3) is 0 Å². The number of carbonyl (C=O) groups is 1. The summed E-state index contributed by atoms with van der Waals surface area (Å²) >= 11 is 1.15. The molecule has 0 atom stereocenters. The second-order valence-electron chi connectivity index (χ2n) is 2.09. The van der Waals surface area contributed by atoms with Crippen LogP contribution in [0.2, 0.25) is 0 Å². The van der Waals surface area contributed by atoms with E-state index in [1.807, 2.05) is 6.92 Å². The molecule has 0 fully saturated rings. The molecule has 0 aliphatic carbocycles. The van der Waals surface area contributed by atoms with E-state index in [1.54, 1.807) is 6.07 Å². The largest absolute Gasteiger partial charge is 0.487 e. The van der Waals surface area contributed by atoms with Gasteiger partial charge in [0.2, 0.25) is 0 Å². The number of aryl methyl sites for hydroxylation is 1. The third-order valence-electron chi connectivity index (χ3n) is 1.27. The minimum Gasteiger partial charge on any atom is -0.487 e. The number of ether oxygens (including phenoxy) is 1. The molecule has 60 valence electrons. The van der Waals surface area contributed by atoms with E-state index < -0.39 is 5.97 Å². The molecule has 0 aliphatic rings. The fraction of sp³-hybridized carbons (Fsp3) is 0.286. The van der Waals surface area contributed by atoms with E-state index in [9.17, 15) is 4.79 Å². The third kappa shape index (κ3) is 1.51. The molecule has 1 aromatic heterocycles. The summed E-state index contributed by atoms with van der Waals surface area (Å²) in [5, 5.41) is 9.24. The highest BCUT2D eigenvalue weighted by Gasteiger charge is 2.10. The van der Waals surface area contributed by atoms with Crippen LogP contribution in [0.15, 0.2) is 6.07 Å². The Labute approximate surface area is 68.2 Å². The Bertz CT molecular complexity index is 277. The van der Waals surface area contributed by atoms with Gasteiger partial charge in [-0.1, -0.05) is 11.3 Å². The summed E-state index contributed by atoms with van der Waals surface area (Å²) in [7, 11) is 1.53. The first kappa shape index (κ1) is 8.07. The number of hydrogen-bond acceptors (Lipinski definition) is 3. The lowest BCUT2D eigenvalue weighted by Crippen LogP contribution is -1.89. The monoisotopic (exact) mass is 172 g/mol. The molecule has 1 aromatic rings. The second-order valence-corrected chi connectivity index (χ2v) is 3.11. The zero-order valence-corrected chi connectivity index (χ0v) is 7.07. The van der Waals surface area contributed by atoms with Gasteiger partial charge in [-0.2, -0.15) is 0 Å². The maximum Gasteiger partial charge on any atom is 0.346 e. The summed E-state index contributed by atoms with van der Waals surface area (Å²) in [6.07, 6.45) is 0. The van der Waals surface area contributed by atoms with Crippen molar-refractivity contribution in [2.45, 2.75) is 6.92 Å². The molecule has 4 heteroatoms. The molecule has 0 unspecified atom stereocenters. The molecule has 11 heavy (non-hydrogen) atoms. The Morgan fingerprint density at radius 1 is 1.73 bits per heavy atom. The molecule has 1 N–H and O–H groups in total. The first-order valence-corrected chi connectivity index (χ1v) is 3.84. The lowest BCUT2D eigenvalue weighted by Gasteiger charge is -1.92. The van der Waals surface area contributed by atoms with Crippen LogP contribution in [0.1, 0.15) is 15.2 Å². The number of aromatic carboxylic acids is 1. The van der Waals surface area contributed by atoms with Crippen molar-refractivity contribution < 1.29 is 14.6 Å². The van der Waals surface area contributed by atoms with Crippen LogP contribution in [0.5, 0.6) is 5.06 Å². The summed E-state index contributed by atoms with van der Waals surface area (Å²) in [5.41, 5.74) is 0.870. The quantitative estimate of drug-likeness (QED) is 0.739. The Morgan fingerprint density at radius 2 is 2.36 bits per heavy atom. The molecule has 0 aliphatic heterocycles. The fourth-order valence-corrected chi connectivity index (χ4v) is 1.60. The summed E-state index contributed by atoms with van der Waals surface area (Å²) in [4.78, 5) is 10.8. The van der Waals surface area contributed by atoms with Crippen LogP contribution in [0.4, 0.5) is 0 Å². The third-order valence-corrected chi connectivity index (χ3v) is 2.45. The highest BCUT2D eigenvalue weighted by molar-refractivity contribution is 7.15. The Balaban J connectivity index is 3.05. The number of methoxy groups -OCH3 is 1. The fourth-order valence-electron chi connectivity index (χ4n) is 0.773. The Hall–Kier alpha value is -1.03. The highest BCUT2D eigenvalue weighted by Crippen LogP contribution is 2.28. The van der Waals surface area contributed by atoms with Crippen LogP contribution in [-0.4, -0.2) is 18.2 Å². The number of thiophene rings is 1. The SMILES string of the molecule is COc1sc(C(=O)O)cc1C. The van der Waals surface area contributed by atoms with Gasteiger partial charge >= 0.3 is 5.97 Å². The second kappa shape index (κ2) is 2.92.